The first-order valence-electron chi connectivity index (χ1n) is 10.2. The fourth-order valence-electron chi connectivity index (χ4n) is 3.64. The van der Waals surface area contributed by atoms with E-state index in [0.717, 1.165) is 31.7 Å². The van der Waals surface area contributed by atoms with Crippen molar-refractivity contribution in [3.05, 3.63) is 78.2 Å². The zero-order valence-electron chi connectivity index (χ0n) is 17.3. The first kappa shape index (κ1) is 21.4. The van der Waals surface area contributed by atoms with Crippen LogP contribution in [0.5, 0.6) is 0 Å². The van der Waals surface area contributed by atoms with Crippen LogP contribution in [0.4, 0.5) is 10.1 Å². The fourth-order valence-corrected chi connectivity index (χ4v) is 4.64. The number of benzene rings is 2. The summed E-state index contributed by atoms with van der Waals surface area (Å²) in [6.45, 7) is 5.99. The smallest absolute Gasteiger partial charge is 0.263 e. The number of nitrogens with zero attached hydrogens (tertiary/aromatic N) is 2. The summed E-state index contributed by atoms with van der Waals surface area (Å²) in [5.41, 5.74) is 2.93. The molecule has 1 aromatic heterocycles. The van der Waals surface area contributed by atoms with Gasteiger partial charge in [-0.2, -0.15) is 0 Å². The number of hydrogen-bond donors (Lipinski definition) is 2. The van der Waals surface area contributed by atoms with Crippen molar-refractivity contribution in [3.8, 4) is 11.3 Å². The normalized spacial score (nSPS) is 17.4. The van der Waals surface area contributed by atoms with Gasteiger partial charge in [-0.15, -0.1) is 0 Å². The van der Waals surface area contributed by atoms with Gasteiger partial charge in [0.05, 0.1) is 5.69 Å². The molecule has 162 valence electrons. The Bertz CT molecular complexity index is 1120. The van der Waals surface area contributed by atoms with Crippen molar-refractivity contribution in [1.82, 2.24) is 15.2 Å². The van der Waals surface area contributed by atoms with Crippen molar-refractivity contribution in [2.24, 2.45) is 0 Å². The lowest BCUT2D eigenvalue weighted by molar-refractivity contribution is 0.199. The molecule has 3 aromatic rings. The summed E-state index contributed by atoms with van der Waals surface area (Å²) in [5, 5.41) is 3.42. The standard InChI is InChI=1S/C23H25FN4O2S/c1-17-15-28(13-12-25-17)16-18-2-8-21(9-3-18)27-31(29,30)22-10-11-23(26-14-22)19-4-6-20(24)7-5-19/h2-11,14,17,25,27H,12-13,15-16H2,1H3/t17-/m0/s1. The third-order valence-corrected chi connectivity index (χ3v) is 6.62. The summed E-state index contributed by atoms with van der Waals surface area (Å²) in [6, 6.07) is 16.9. The Balaban J connectivity index is 1.41. The summed E-state index contributed by atoms with van der Waals surface area (Å²) >= 11 is 0. The summed E-state index contributed by atoms with van der Waals surface area (Å²) in [7, 11) is -3.76. The number of sulfonamides is 1. The predicted molar refractivity (Wildman–Crippen MR) is 120 cm³/mol. The highest BCUT2D eigenvalue weighted by molar-refractivity contribution is 7.92. The molecule has 0 bridgehead atoms. The maximum atomic E-state index is 13.1. The SMILES string of the molecule is C[C@H]1CN(Cc2ccc(NS(=O)(=O)c3ccc(-c4ccc(F)cc4)nc3)cc2)CCN1. The Morgan fingerprint density at radius 1 is 1.10 bits per heavy atom. The summed E-state index contributed by atoms with van der Waals surface area (Å²) in [5.74, 6) is -0.333. The van der Waals surface area contributed by atoms with Gasteiger partial charge in [0.1, 0.15) is 10.7 Å². The van der Waals surface area contributed by atoms with Gasteiger partial charge in [-0.05, 0) is 61.0 Å². The molecule has 1 fully saturated rings. The largest absolute Gasteiger partial charge is 0.312 e. The molecule has 1 atom stereocenters. The lowest BCUT2D eigenvalue weighted by Gasteiger charge is -2.31. The number of anilines is 1. The van der Waals surface area contributed by atoms with Crippen molar-refractivity contribution in [1.29, 1.82) is 0 Å². The molecule has 0 aliphatic carbocycles. The number of pyridine rings is 1. The fraction of sp³-hybridized carbons (Fsp3) is 0.261. The predicted octanol–water partition coefficient (Wildman–Crippen LogP) is 3.48. The number of rotatable bonds is 6. The van der Waals surface area contributed by atoms with Gasteiger partial charge in [0.15, 0.2) is 0 Å². The third kappa shape index (κ3) is 5.46. The van der Waals surface area contributed by atoms with E-state index in [0.29, 0.717) is 23.0 Å². The quantitative estimate of drug-likeness (QED) is 0.614. The monoisotopic (exact) mass is 440 g/mol. The molecule has 6 nitrogen and oxygen atoms in total. The van der Waals surface area contributed by atoms with E-state index in [1.807, 2.05) is 12.1 Å². The lowest BCUT2D eigenvalue weighted by Crippen LogP contribution is -2.48. The second-order valence-electron chi connectivity index (χ2n) is 7.78. The molecule has 1 aliphatic rings. The summed E-state index contributed by atoms with van der Waals surface area (Å²) in [4.78, 5) is 6.67. The molecular formula is C23H25FN4O2S. The highest BCUT2D eigenvalue weighted by Crippen LogP contribution is 2.21. The van der Waals surface area contributed by atoms with Crippen molar-refractivity contribution < 1.29 is 12.8 Å². The molecule has 2 aromatic carbocycles. The van der Waals surface area contributed by atoms with Crippen LogP contribution in [0.2, 0.25) is 0 Å². The number of halogens is 1. The van der Waals surface area contributed by atoms with E-state index >= 15 is 0 Å². The van der Waals surface area contributed by atoms with E-state index in [2.05, 4.69) is 26.8 Å². The van der Waals surface area contributed by atoms with Crippen LogP contribution in [0.15, 0.2) is 71.8 Å². The van der Waals surface area contributed by atoms with Crippen LogP contribution in [0.1, 0.15) is 12.5 Å². The highest BCUT2D eigenvalue weighted by Gasteiger charge is 2.17. The Labute approximate surface area is 182 Å². The van der Waals surface area contributed by atoms with Crippen molar-refractivity contribution in [3.63, 3.8) is 0 Å². The van der Waals surface area contributed by atoms with Crippen LogP contribution in [-0.4, -0.2) is 44.0 Å². The average Bonchev–Trinajstić information content (AvgIpc) is 2.76. The van der Waals surface area contributed by atoms with Crippen molar-refractivity contribution >= 4 is 15.7 Å². The Hall–Kier alpha value is -2.81. The molecule has 0 amide bonds. The van der Waals surface area contributed by atoms with E-state index in [1.54, 1.807) is 30.3 Å². The number of aromatic nitrogens is 1. The van der Waals surface area contributed by atoms with Gasteiger partial charge in [0.25, 0.3) is 10.0 Å². The van der Waals surface area contributed by atoms with Gasteiger partial charge >= 0.3 is 0 Å². The number of nitrogens with one attached hydrogen (secondary N) is 2. The van der Waals surface area contributed by atoms with Crippen LogP contribution in [0, 0.1) is 5.82 Å². The summed E-state index contributed by atoms with van der Waals surface area (Å²) in [6.07, 6.45) is 1.31. The van der Waals surface area contributed by atoms with Gasteiger partial charge in [-0.25, -0.2) is 12.8 Å². The minimum atomic E-state index is -3.76. The molecule has 0 radical (unpaired) electrons. The van der Waals surface area contributed by atoms with Crippen LogP contribution in [-0.2, 0) is 16.6 Å². The highest BCUT2D eigenvalue weighted by atomic mass is 32.2. The van der Waals surface area contributed by atoms with Crippen LogP contribution in [0.3, 0.4) is 0 Å². The lowest BCUT2D eigenvalue weighted by atomic mass is 10.1. The molecule has 31 heavy (non-hydrogen) atoms. The Morgan fingerprint density at radius 2 is 1.84 bits per heavy atom. The molecular weight excluding hydrogens is 415 g/mol. The van der Waals surface area contributed by atoms with E-state index < -0.39 is 10.0 Å². The number of piperazine rings is 1. The van der Waals surface area contributed by atoms with E-state index in [1.165, 1.54) is 24.4 Å². The molecule has 0 unspecified atom stereocenters. The first-order chi connectivity index (χ1) is 14.9. The zero-order valence-corrected chi connectivity index (χ0v) is 18.1. The second-order valence-corrected chi connectivity index (χ2v) is 9.46. The maximum Gasteiger partial charge on any atom is 0.263 e. The van der Waals surface area contributed by atoms with Gasteiger partial charge < -0.3 is 5.32 Å². The van der Waals surface area contributed by atoms with Crippen LogP contribution in [0.25, 0.3) is 11.3 Å². The molecule has 4 rings (SSSR count). The molecule has 1 aliphatic heterocycles. The molecule has 8 heteroatoms. The van der Waals surface area contributed by atoms with Gasteiger partial charge in [-0.3, -0.25) is 14.6 Å². The molecule has 0 saturated carbocycles. The molecule has 0 spiro atoms. The van der Waals surface area contributed by atoms with E-state index in [-0.39, 0.29) is 10.7 Å². The van der Waals surface area contributed by atoms with Gasteiger partial charge in [0.2, 0.25) is 0 Å². The van der Waals surface area contributed by atoms with E-state index in [9.17, 15) is 12.8 Å². The molecule has 2 N–H and O–H groups in total. The molecule has 2 heterocycles. The molecule has 1 saturated heterocycles. The Morgan fingerprint density at radius 3 is 2.48 bits per heavy atom. The minimum absolute atomic E-state index is 0.0669. The third-order valence-electron chi connectivity index (χ3n) is 5.25. The topological polar surface area (TPSA) is 74.3 Å². The van der Waals surface area contributed by atoms with Crippen LogP contribution < -0.4 is 10.0 Å². The van der Waals surface area contributed by atoms with Gasteiger partial charge in [0, 0.05) is 49.7 Å². The summed E-state index contributed by atoms with van der Waals surface area (Å²) < 4.78 is 41.1. The van der Waals surface area contributed by atoms with Crippen LogP contribution >= 0.6 is 0 Å². The van der Waals surface area contributed by atoms with E-state index in [4.69, 9.17) is 0 Å². The Kier molecular flexibility index (Phi) is 6.31. The average molecular weight is 441 g/mol. The second kappa shape index (κ2) is 9.13. The minimum Gasteiger partial charge on any atom is -0.312 e. The number of hydrogen-bond acceptors (Lipinski definition) is 5. The first-order valence-corrected chi connectivity index (χ1v) is 11.7. The van der Waals surface area contributed by atoms with Crippen molar-refractivity contribution in [2.45, 2.75) is 24.4 Å². The van der Waals surface area contributed by atoms with Gasteiger partial charge in [-0.1, -0.05) is 12.1 Å². The van der Waals surface area contributed by atoms with Crippen molar-refractivity contribution in [2.75, 3.05) is 24.4 Å². The zero-order chi connectivity index (χ0) is 21.8. The maximum absolute atomic E-state index is 13.1.